The summed E-state index contributed by atoms with van der Waals surface area (Å²) in [5, 5.41) is 4.88. The molecule has 5 heteroatoms. The van der Waals surface area contributed by atoms with Gasteiger partial charge in [-0.3, -0.25) is 9.48 Å². The molecule has 2 rings (SSSR count). The fourth-order valence-electron chi connectivity index (χ4n) is 1.98. The predicted molar refractivity (Wildman–Crippen MR) is 78.1 cm³/mol. The van der Waals surface area contributed by atoms with Crippen LogP contribution in [0.25, 0.3) is 0 Å². The van der Waals surface area contributed by atoms with Crippen molar-refractivity contribution in [2.24, 2.45) is 7.05 Å². The highest BCUT2D eigenvalue weighted by Gasteiger charge is 2.11. The van der Waals surface area contributed by atoms with Crippen molar-refractivity contribution in [3.05, 3.63) is 46.2 Å². The summed E-state index contributed by atoms with van der Waals surface area (Å²) in [6, 6.07) is 7.50. The fourth-order valence-corrected chi connectivity index (χ4v) is 2.19. The lowest BCUT2D eigenvalue weighted by Gasteiger charge is -2.07. The summed E-state index contributed by atoms with van der Waals surface area (Å²) in [5.41, 5.74) is 2.63. The second-order valence-electron chi connectivity index (χ2n) is 4.78. The van der Waals surface area contributed by atoms with Crippen LogP contribution in [0.5, 0.6) is 5.75 Å². The molecular weight excluding hydrogens is 276 g/mol. The number of nitrogens with zero attached hydrogens (tertiary/aromatic N) is 2. The van der Waals surface area contributed by atoms with Gasteiger partial charge in [0.1, 0.15) is 18.1 Å². The highest BCUT2D eigenvalue weighted by molar-refractivity contribution is 6.31. The van der Waals surface area contributed by atoms with Gasteiger partial charge in [0.2, 0.25) is 0 Å². The van der Waals surface area contributed by atoms with E-state index in [9.17, 15) is 4.79 Å². The van der Waals surface area contributed by atoms with Gasteiger partial charge in [0, 0.05) is 13.5 Å². The lowest BCUT2D eigenvalue weighted by atomic mass is 10.1. The lowest BCUT2D eigenvalue weighted by molar-refractivity contribution is -0.116. The zero-order chi connectivity index (χ0) is 14.7. The second kappa shape index (κ2) is 6.09. The number of aromatic nitrogens is 2. The maximum Gasteiger partial charge on any atom is 0.134 e. The molecule has 1 aromatic carbocycles. The van der Waals surface area contributed by atoms with Gasteiger partial charge in [0.25, 0.3) is 0 Å². The summed E-state index contributed by atoms with van der Waals surface area (Å²) in [5.74, 6) is 0.892. The van der Waals surface area contributed by atoms with Gasteiger partial charge in [-0.05, 0) is 31.5 Å². The Balaban J connectivity index is 2.02. The average molecular weight is 293 g/mol. The number of aryl methyl sites for hydroxylation is 2. The molecule has 4 nitrogen and oxygen atoms in total. The van der Waals surface area contributed by atoms with Gasteiger partial charge in [-0.2, -0.15) is 5.10 Å². The molecule has 0 aliphatic carbocycles. The fraction of sp³-hybridized carbons (Fsp3) is 0.333. The topological polar surface area (TPSA) is 44.1 Å². The molecule has 1 aromatic heterocycles. The zero-order valence-corrected chi connectivity index (χ0v) is 12.6. The number of halogens is 1. The standard InChI is InChI=1S/C15H17ClN2O2/c1-10(19)8-12-4-6-13(7-5-12)20-9-14-15(16)11(2)17-18(14)3/h4-7H,8-9H2,1-3H3. The summed E-state index contributed by atoms with van der Waals surface area (Å²) >= 11 is 6.16. The molecule has 2 aromatic rings. The van der Waals surface area contributed by atoms with E-state index in [2.05, 4.69) is 5.10 Å². The predicted octanol–water partition coefficient (Wildman–Crippen LogP) is 3.09. The van der Waals surface area contributed by atoms with E-state index in [1.165, 1.54) is 0 Å². The SMILES string of the molecule is CC(=O)Cc1ccc(OCc2c(Cl)c(C)nn2C)cc1. The molecule has 0 fully saturated rings. The monoisotopic (exact) mass is 292 g/mol. The van der Waals surface area contributed by atoms with E-state index in [1.807, 2.05) is 38.2 Å². The van der Waals surface area contributed by atoms with Crippen molar-refractivity contribution >= 4 is 17.4 Å². The van der Waals surface area contributed by atoms with Crippen molar-refractivity contribution < 1.29 is 9.53 Å². The van der Waals surface area contributed by atoms with Crippen LogP contribution >= 0.6 is 11.6 Å². The minimum atomic E-state index is 0.149. The van der Waals surface area contributed by atoms with Crippen LogP contribution in [0.15, 0.2) is 24.3 Å². The second-order valence-corrected chi connectivity index (χ2v) is 5.16. The lowest BCUT2D eigenvalue weighted by Crippen LogP contribution is -2.03. The highest BCUT2D eigenvalue weighted by atomic mass is 35.5. The van der Waals surface area contributed by atoms with Crippen LogP contribution < -0.4 is 4.74 Å². The minimum absolute atomic E-state index is 0.149. The quantitative estimate of drug-likeness (QED) is 0.850. The Morgan fingerprint density at radius 1 is 1.35 bits per heavy atom. The molecule has 0 spiro atoms. The van der Waals surface area contributed by atoms with Crippen molar-refractivity contribution in [2.45, 2.75) is 26.9 Å². The highest BCUT2D eigenvalue weighted by Crippen LogP contribution is 2.21. The molecule has 0 radical (unpaired) electrons. The van der Waals surface area contributed by atoms with E-state index in [-0.39, 0.29) is 5.78 Å². The Kier molecular flexibility index (Phi) is 4.45. The third-order valence-electron chi connectivity index (χ3n) is 3.01. The number of carbonyl (C=O) groups excluding carboxylic acids is 1. The Bertz CT molecular complexity index is 618. The smallest absolute Gasteiger partial charge is 0.134 e. The molecule has 1 heterocycles. The first-order valence-corrected chi connectivity index (χ1v) is 6.74. The maximum absolute atomic E-state index is 11.0. The summed E-state index contributed by atoms with van der Waals surface area (Å²) in [4.78, 5) is 11.0. The van der Waals surface area contributed by atoms with E-state index < -0.39 is 0 Å². The number of benzene rings is 1. The number of ether oxygens (including phenoxy) is 1. The number of Topliss-reactive ketones (excluding diaryl/α,β-unsaturated/α-hetero) is 1. The Hall–Kier alpha value is -1.81. The number of ketones is 1. The van der Waals surface area contributed by atoms with E-state index in [4.69, 9.17) is 16.3 Å². The molecular formula is C15H17ClN2O2. The molecule has 0 aliphatic rings. The number of hydrogen-bond donors (Lipinski definition) is 0. The molecule has 0 N–H and O–H groups in total. The van der Waals surface area contributed by atoms with Gasteiger partial charge in [0.15, 0.2) is 0 Å². The van der Waals surface area contributed by atoms with Crippen LogP contribution in [-0.4, -0.2) is 15.6 Å². The van der Waals surface area contributed by atoms with Crippen LogP contribution in [0, 0.1) is 6.92 Å². The van der Waals surface area contributed by atoms with Crippen molar-refractivity contribution in [3.63, 3.8) is 0 Å². The van der Waals surface area contributed by atoms with Gasteiger partial charge < -0.3 is 4.74 Å². The van der Waals surface area contributed by atoms with Crippen LogP contribution in [0.1, 0.15) is 23.9 Å². The molecule has 0 saturated heterocycles. The molecule has 0 atom stereocenters. The van der Waals surface area contributed by atoms with E-state index >= 15 is 0 Å². The largest absolute Gasteiger partial charge is 0.487 e. The molecule has 106 valence electrons. The van der Waals surface area contributed by atoms with Gasteiger partial charge in [-0.25, -0.2) is 0 Å². The summed E-state index contributed by atoms with van der Waals surface area (Å²) in [6.45, 7) is 3.81. The third-order valence-corrected chi connectivity index (χ3v) is 3.51. The molecule has 0 unspecified atom stereocenters. The van der Waals surface area contributed by atoms with Crippen molar-refractivity contribution in [2.75, 3.05) is 0 Å². The van der Waals surface area contributed by atoms with Gasteiger partial charge in [-0.15, -0.1) is 0 Å². The summed E-state index contributed by atoms with van der Waals surface area (Å²) in [7, 11) is 1.84. The van der Waals surface area contributed by atoms with Gasteiger partial charge in [0.05, 0.1) is 16.4 Å². The Morgan fingerprint density at radius 3 is 2.50 bits per heavy atom. The molecule has 0 amide bonds. The molecule has 0 bridgehead atoms. The number of rotatable bonds is 5. The first-order valence-electron chi connectivity index (χ1n) is 6.36. The van der Waals surface area contributed by atoms with E-state index in [0.717, 1.165) is 22.7 Å². The third kappa shape index (κ3) is 3.39. The van der Waals surface area contributed by atoms with Crippen molar-refractivity contribution in [3.8, 4) is 5.75 Å². The maximum atomic E-state index is 11.0. The summed E-state index contributed by atoms with van der Waals surface area (Å²) < 4.78 is 7.42. The minimum Gasteiger partial charge on any atom is -0.487 e. The van der Waals surface area contributed by atoms with Crippen molar-refractivity contribution in [1.82, 2.24) is 9.78 Å². The summed E-state index contributed by atoms with van der Waals surface area (Å²) in [6.07, 6.45) is 0.451. The van der Waals surface area contributed by atoms with Gasteiger partial charge in [-0.1, -0.05) is 23.7 Å². The van der Waals surface area contributed by atoms with Crippen LogP contribution in [-0.2, 0) is 24.9 Å². The number of carbonyl (C=O) groups is 1. The average Bonchev–Trinajstić information content (AvgIpc) is 2.62. The first kappa shape index (κ1) is 14.6. The molecule has 0 aliphatic heterocycles. The number of hydrogen-bond acceptors (Lipinski definition) is 3. The Morgan fingerprint density at radius 2 is 2.00 bits per heavy atom. The van der Waals surface area contributed by atoms with Crippen molar-refractivity contribution in [1.29, 1.82) is 0 Å². The van der Waals surface area contributed by atoms with Crippen LogP contribution in [0.4, 0.5) is 0 Å². The van der Waals surface area contributed by atoms with Crippen LogP contribution in [0.2, 0.25) is 5.02 Å². The zero-order valence-electron chi connectivity index (χ0n) is 11.8. The van der Waals surface area contributed by atoms with E-state index in [1.54, 1.807) is 11.6 Å². The normalized spacial score (nSPS) is 10.6. The first-order chi connectivity index (χ1) is 9.47. The van der Waals surface area contributed by atoms with Gasteiger partial charge >= 0.3 is 0 Å². The molecule has 20 heavy (non-hydrogen) atoms. The van der Waals surface area contributed by atoms with Crippen LogP contribution in [0.3, 0.4) is 0 Å². The van der Waals surface area contributed by atoms with E-state index in [0.29, 0.717) is 18.1 Å². The Labute approximate surface area is 123 Å². The molecule has 0 saturated carbocycles.